The Morgan fingerprint density at radius 2 is 2.19 bits per heavy atom. The Morgan fingerprint density at radius 3 is 2.86 bits per heavy atom. The molecule has 0 aliphatic carbocycles. The van der Waals surface area contributed by atoms with Crippen molar-refractivity contribution >= 4 is 28.3 Å². The number of nitrogens with one attached hydrogen (secondary N) is 2. The summed E-state index contributed by atoms with van der Waals surface area (Å²) in [6.45, 7) is 4.02. The number of anilines is 1. The van der Waals surface area contributed by atoms with E-state index in [1.807, 2.05) is 0 Å². The number of carbonyl (C=O) groups is 2. The molecule has 2 N–H and O–H groups in total. The van der Waals surface area contributed by atoms with Crippen LogP contribution in [0.2, 0.25) is 0 Å². The summed E-state index contributed by atoms with van der Waals surface area (Å²) in [7, 11) is 0. The Balaban J connectivity index is 1.79. The molecule has 0 unspecified atom stereocenters. The molecule has 0 aliphatic heterocycles. The first-order valence-electron chi connectivity index (χ1n) is 6.48. The number of rotatable bonds is 6. The molecule has 7 nitrogen and oxygen atoms in total. The summed E-state index contributed by atoms with van der Waals surface area (Å²) >= 11 is 1.34. The number of hydrogen-bond donors (Lipinski definition) is 2. The number of carbonyl (C=O) groups excluding carboxylic acids is 2. The van der Waals surface area contributed by atoms with Crippen LogP contribution in [0.3, 0.4) is 0 Å². The van der Waals surface area contributed by atoms with E-state index in [2.05, 4.69) is 34.7 Å². The summed E-state index contributed by atoms with van der Waals surface area (Å²) < 4.78 is 4.92. The molecule has 2 aromatic rings. The van der Waals surface area contributed by atoms with Gasteiger partial charge in [-0.3, -0.25) is 14.9 Å². The first-order valence-corrected chi connectivity index (χ1v) is 7.30. The molecule has 21 heavy (non-hydrogen) atoms. The van der Waals surface area contributed by atoms with Gasteiger partial charge in [-0.25, -0.2) is 0 Å². The standard InChI is InChI=1S/C13H16N4O3S/c1-8(2)6-11-16-17-13(21-11)15-10(18)7-14-12(19)9-4-3-5-20-9/h3-5,8H,6-7H2,1-2H3,(H,14,19)(H,15,17,18). The van der Waals surface area contributed by atoms with Crippen molar-refractivity contribution in [3.05, 3.63) is 29.2 Å². The first-order chi connectivity index (χ1) is 10.0. The molecule has 8 heteroatoms. The fourth-order valence-electron chi connectivity index (χ4n) is 1.55. The second-order valence-corrected chi connectivity index (χ2v) is 5.87. The van der Waals surface area contributed by atoms with Crippen molar-refractivity contribution < 1.29 is 14.0 Å². The average molecular weight is 308 g/mol. The molecule has 112 valence electrons. The predicted octanol–water partition coefficient (Wildman–Crippen LogP) is 1.70. The Morgan fingerprint density at radius 1 is 1.38 bits per heavy atom. The van der Waals surface area contributed by atoms with E-state index in [1.165, 1.54) is 23.7 Å². The summed E-state index contributed by atoms with van der Waals surface area (Å²) in [4.78, 5) is 23.3. The van der Waals surface area contributed by atoms with E-state index in [-0.39, 0.29) is 18.2 Å². The Labute approximate surface area is 125 Å². The van der Waals surface area contributed by atoms with Crippen LogP contribution in [0.1, 0.15) is 29.4 Å². The second-order valence-electron chi connectivity index (χ2n) is 4.81. The topological polar surface area (TPSA) is 97.1 Å². The third-order valence-electron chi connectivity index (χ3n) is 2.45. The van der Waals surface area contributed by atoms with Gasteiger partial charge in [0, 0.05) is 6.42 Å². The van der Waals surface area contributed by atoms with Crippen molar-refractivity contribution in [3.8, 4) is 0 Å². The molecule has 0 spiro atoms. The van der Waals surface area contributed by atoms with Gasteiger partial charge in [-0.05, 0) is 18.1 Å². The highest BCUT2D eigenvalue weighted by molar-refractivity contribution is 7.15. The third-order valence-corrected chi connectivity index (χ3v) is 3.31. The quantitative estimate of drug-likeness (QED) is 0.846. The lowest BCUT2D eigenvalue weighted by molar-refractivity contribution is -0.115. The Bertz CT molecular complexity index is 607. The zero-order chi connectivity index (χ0) is 15.2. The molecule has 0 saturated carbocycles. The molecule has 0 aromatic carbocycles. The van der Waals surface area contributed by atoms with Crippen LogP contribution in [-0.2, 0) is 11.2 Å². The van der Waals surface area contributed by atoms with Gasteiger partial charge in [-0.15, -0.1) is 10.2 Å². The van der Waals surface area contributed by atoms with Crippen LogP contribution in [-0.4, -0.2) is 28.6 Å². The SMILES string of the molecule is CC(C)Cc1nnc(NC(=O)CNC(=O)c2ccco2)s1. The van der Waals surface area contributed by atoms with Crippen LogP contribution < -0.4 is 10.6 Å². The van der Waals surface area contributed by atoms with E-state index in [0.29, 0.717) is 11.0 Å². The van der Waals surface area contributed by atoms with E-state index < -0.39 is 5.91 Å². The number of aromatic nitrogens is 2. The largest absolute Gasteiger partial charge is 0.459 e. The first kappa shape index (κ1) is 15.2. The van der Waals surface area contributed by atoms with E-state index in [4.69, 9.17) is 4.42 Å². The molecular weight excluding hydrogens is 292 g/mol. The van der Waals surface area contributed by atoms with Crippen molar-refractivity contribution in [2.45, 2.75) is 20.3 Å². The molecule has 0 atom stereocenters. The van der Waals surface area contributed by atoms with Crippen molar-refractivity contribution in [2.75, 3.05) is 11.9 Å². The van der Waals surface area contributed by atoms with Crippen LogP contribution in [0, 0.1) is 5.92 Å². The van der Waals surface area contributed by atoms with Crippen LogP contribution in [0.4, 0.5) is 5.13 Å². The molecule has 0 bridgehead atoms. The van der Waals surface area contributed by atoms with Crippen molar-refractivity contribution in [3.63, 3.8) is 0 Å². The highest BCUT2D eigenvalue weighted by Crippen LogP contribution is 2.17. The molecule has 0 radical (unpaired) electrons. The maximum Gasteiger partial charge on any atom is 0.287 e. The van der Waals surface area contributed by atoms with Gasteiger partial charge < -0.3 is 9.73 Å². The average Bonchev–Trinajstić information content (AvgIpc) is 3.07. The molecule has 0 fully saturated rings. The van der Waals surface area contributed by atoms with Crippen LogP contribution in [0.25, 0.3) is 0 Å². The van der Waals surface area contributed by atoms with Gasteiger partial charge in [0.05, 0.1) is 12.8 Å². The fourth-order valence-corrected chi connectivity index (χ4v) is 2.52. The second kappa shape index (κ2) is 6.98. The maximum absolute atomic E-state index is 11.7. The monoisotopic (exact) mass is 308 g/mol. The molecule has 0 saturated heterocycles. The van der Waals surface area contributed by atoms with Crippen LogP contribution in [0.15, 0.2) is 22.8 Å². The molecule has 2 rings (SSSR count). The number of amides is 2. The normalized spacial score (nSPS) is 10.6. The lowest BCUT2D eigenvalue weighted by Gasteiger charge is -2.02. The number of furan rings is 1. The van der Waals surface area contributed by atoms with E-state index in [9.17, 15) is 9.59 Å². The fraction of sp³-hybridized carbons (Fsp3) is 0.385. The maximum atomic E-state index is 11.7. The summed E-state index contributed by atoms with van der Waals surface area (Å²) in [5.74, 6) is -0.151. The Kier molecular flexibility index (Phi) is 5.04. The summed E-state index contributed by atoms with van der Waals surface area (Å²) in [6, 6.07) is 3.13. The van der Waals surface area contributed by atoms with Gasteiger partial charge >= 0.3 is 0 Å². The van der Waals surface area contributed by atoms with Crippen molar-refractivity contribution in [2.24, 2.45) is 5.92 Å². The zero-order valence-electron chi connectivity index (χ0n) is 11.8. The van der Waals surface area contributed by atoms with Gasteiger partial charge in [0.15, 0.2) is 5.76 Å². The lowest BCUT2D eigenvalue weighted by atomic mass is 10.1. The Hall–Kier alpha value is -2.22. The van der Waals surface area contributed by atoms with Gasteiger partial charge in [-0.2, -0.15) is 0 Å². The highest BCUT2D eigenvalue weighted by atomic mass is 32.1. The van der Waals surface area contributed by atoms with Crippen LogP contribution >= 0.6 is 11.3 Å². The minimum absolute atomic E-state index is 0.154. The predicted molar refractivity (Wildman–Crippen MR) is 78.1 cm³/mol. The van der Waals surface area contributed by atoms with Crippen molar-refractivity contribution in [1.29, 1.82) is 0 Å². The molecular formula is C13H16N4O3S. The number of nitrogens with zero attached hydrogens (tertiary/aromatic N) is 2. The lowest BCUT2D eigenvalue weighted by Crippen LogP contribution is -2.32. The van der Waals surface area contributed by atoms with E-state index >= 15 is 0 Å². The molecule has 2 amide bonds. The van der Waals surface area contributed by atoms with Gasteiger partial charge in [0.1, 0.15) is 5.01 Å². The van der Waals surface area contributed by atoms with Gasteiger partial charge in [-0.1, -0.05) is 25.2 Å². The van der Waals surface area contributed by atoms with Crippen LogP contribution in [0.5, 0.6) is 0 Å². The smallest absolute Gasteiger partial charge is 0.287 e. The van der Waals surface area contributed by atoms with Gasteiger partial charge in [0.25, 0.3) is 5.91 Å². The summed E-state index contributed by atoms with van der Waals surface area (Å²) in [5.41, 5.74) is 0. The number of hydrogen-bond acceptors (Lipinski definition) is 6. The van der Waals surface area contributed by atoms with Crippen molar-refractivity contribution in [1.82, 2.24) is 15.5 Å². The summed E-state index contributed by atoms with van der Waals surface area (Å²) in [5, 5.41) is 14.2. The zero-order valence-corrected chi connectivity index (χ0v) is 12.6. The molecule has 2 heterocycles. The highest BCUT2D eigenvalue weighted by Gasteiger charge is 2.12. The van der Waals surface area contributed by atoms with Gasteiger partial charge in [0.2, 0.25) is 11.0 Å². The molecule has 0 aliphatic rings. The van der Waals surface area contributed by atoms with E-state index in [0.717, 1.165) is 11.4 Å². The minimum atomic E-state index is -0.437. The molecule has 2 aromatic heterocycles. The summed E-state index contributed by atoms with van der Waals surface area (Å²) in [6.07, 6.45) is 2.22. The van der Waals surface area contributed by atoms with E-state index in [1.54, 1.807) is 6.07 Å². The minimum Gasteiger partial charge on any atom is -0.459 e. The third kappa shape index (κ3) is 4.67.